The summed E-state index contributed by atoms with van der Waals surface area (Å²) in [6.45, 7) is 0. The molecular weight excluding hydrogens is 645 g/mol. The molecule has 6 heteroatoms. The minimum Gasteiger partial charge on any atom is -0.384 e. The van der Waals surface area contributed by atoms with Crippen molar-refractivity contribution in [3.05, 3.63) is 203 Å². The van der Waals surface area contributed by atoms with Crippen LogP contribution < -0.4 is 4.90 Å². The van der Waals surface area contributed by atoms with E-state index in [1.807, 2.05) is 132 Å². The van der Waals surface area contributed by atoms with Crippen LogP contribution in [-0.2, 0) is 0 Å². The number of imide groups is 1. The van der Waals surface area contributed by atoms with Crippen LogP contribution in [0.3, 0.4) is 0 Å². The molecule has 0 fully saturated rings. The lowest BCUT2D eigenvalue weighted by Crippen LogP contribution is -2.29. The minimum absolute atomic E-state index is 0.112. The van der Waals surface area contributed by atoms with Gasteiger partial charge in [-0.05, 0) is 76.9 Å². The van der Waals surface area contributed by atoms with E-state index in [-0.39, 0.29) is 11.7 Å². The van der Waals surface area contributed by atoms with Gasteiger partial charge in [0.2, 0.25) is 0 Å². The van der Waals surface area contributed by atoms with Crippen molar-refractivity contribution in [1.82, 2.24) is 4.57 Å². The Morgan fingerprint density at radius 1 is 0.519 bits per heavy atom. The van der Waals surface area contributed by atoms with Gasteiger partial charge in [-0.3, -0.25) is 14.4 Å². The molecule has 7 aromatic carbocycles. The summed E-state index contributed by atoms with van der Waals surface area (Å²) in [5.41, 5.74) is 7.74. The number of carbonyl (C=O) groups is 3. The summed E-state index contributed by atoms with van der Waals surface area (Å²) in [7, 11) is 0. The van der Waals surface area contributed by atoms with Crippen LogP contribution in [0.25, 0.3) is 38.6 Å². The molecule has 8 aromatic rings. The van der Waals surface area contributed by atoms with Crippen LogP contribution in [-0.4, -0.2) is 27.3 Å². The van der Waals surface area contributed by atoms with Crippen molar-refractivity contribution in [3.63, 3.8) is 0 Å². The van der Waals surface area contributed by atoms with Crippen molar-refractivity contribution in [2.45, 2.75) is 6.10 Å². The number of aromatic nitrogens is 1. The van der Waals surface area contributed by atoms with Crippen molar-refractivity contribution in [2.75, 3.05) is 4.90 Å². The molecule has 1 aliphatic heterocycles. The number of rotatable bonds is 7. The number of ketones is 1. The molecule has 6 nitrogen and oxygen atoms in total. The molecule has 0 bridgehead atoms. The third-order valence-electron chi connectivity index (χ3n) is 9.88. The standard InChI is InChI=1S/C46H30N2O4/c49-43(31-13-6-2-7-14-31)33-21-25-39-37(27-33)38-28-34(44(50)32-15-8-3-9-16-32)22-26-40(38)48(39)41-18-10-17-36-42(41)46(52)47(45(36)51)35-23-19-30(20-24-35)29-11-4-1-5-12-29/h1-28,43,49H. The first kappa shape index (κ1) is 31.1. The van der Waals surface area contributed by atoms with Gasteiger partial charge in [-0.2, -0.15) is 0 Å². The Labute approximate surface area is 299 Å². The van der Waals surface area contributed by atoms with Crippen molar-refractivity contribution in [1.29, 1.82) is 0 Å². The summed E-state index contributed by atoms with van der Waals surface area (Å²) >= 11 is 0. The fourth-order valence-corrected chi connectivity index (χ4v) is 7.32. The van der Waals surface area contributed by atoms with E-state index in [1.165, 1.54) is 4.90 Å². The Bertz CT molecular complexity index is 2680. The number of amides is 2. The first-order valence-corrected chi connectivity index (χ1v) is 17.1. The van der Waals surface area contributed by atoms with Crippen LogP contribution in [0.1, 0.15) is 53.9 Å². The zero-order chi connectivity index (χ0) is 35.3. The molecule has 0 radical (unpaired) electrons. The molecule has 1 aromatic heterocycles. The molecule has 2 amide bonds. The van der Waals surface area contributed by atoms with Crippen LogP contribution in [0.5, 0.6) is 0 Å². The number of aliphatic hydroxyl groups is 1. The van der Waals surface area contributed by atoms with Crippen molar-refractivity contribution < 1.29 is 19.5 Å². The number of hydrogen-bond donors (Lipinski definition) is 1. The lowest BCUT2D eigenvalue weighted by Gasteiger charge is -2.15. The van der Waals surface area contributed by atoms with Gasteiger partial charge in [-0.1, -0.05) is 115 Å². The van der Waals surface area contributed by atoms with Crippen LogP contribution in [0, 0.1) is 0 Å². The molecule has 1 unspecified atom stereocenters. The van der Waals surface area contributed by atoms with Gasteiger partial charge in [0.25, 0.3) is 11.8 Å². The zero-order valence-electron chi connectivity index (χ0n) is 27.8. The highest BCUT2D eigenvalue weighted by molar-refractivity contribution is 6.36. The number of hydrogen-bond acceptors (Lipinski definition) is 4. The van der Waals surface area contributed by atoms with E-state index < -0.39 is 12.0 Å². The normalized spacial score (nSPS) is 13.1. The Hall–Kier alpha value is -6.89. The van der Waals surface area contributed by atoms with Crippen molar-refractivity contribution in [3.8, 4) is 16.8 Å². The summed E-state index contributed by atoms with van der Waals surface area (Å²) in [4.78, 5) is 43.2. The SMILES string of the molecule is O=C(c1ccccc1)c1ccc2c(c1)c1cc(C(O)c3ccccc3)ccc1n2-c1cccc2c1C(=O)N(c1ccc(-c3ccccc3)cc1)C2=O. The maximum atomic E-state index is 14.4. The topological polar surface area (TPSA) is 79.6 Å². The van der Waals surface area contributed by atoms with Gasteiger partial charge < -0.3 is 9.67 Å². The highest BCUT2D eigenvalue weighted by Gasteiger charge is 2.39. The van der Waals surface area contributed by atoms with Gasteiger partial charge in [0, 0.05) is 21.9 Å². The molecule has 1 aliphatic rings. The van der Waals surface area contributed by atoms with Gasteiger partial charge >= 0.3 is 0 Å². The number of nitrogens with zero attached hydrogens (tertiary/aromatic N) is 2. The Kier molecular flexibility index (Phi) is 7.46. The number of aliphatic hydroxyl groups excluding tert-OH is 1. The van der Waals surface area contributed by atoms with Crippen LogP contribution in [0.2, 0.25) is 0 Å². The molecule has 0 spiro atoms. The third-order valence-corrected chi connectivity index (χ3v) is 9.88. The second kappa shape index (κ2) is 12.5. The van der Waals surface area contributed by atoms with E-state index in [1.54, 1.807) is 42.5 Å². The summed E-state index contributed by atoms with van der Waals surface area (Å²) in [5, 5.41) is 13.0. The molecule has 0 saturated carbocycles. The second-order valence-electron chi connectivity index (χ2n) is 12.9. The lowest BCUT2D eigenvalue weighted by molar-refractivity contribution is 0.0925. The van der Waals surface area contributed by atoms with E-state index in [4.69, 9.17) is 0 Å². The summed E-state index contributed by atoms with van der Waals surface area (Å²) in [6.07, 6.45) is -0.875. The first-order chi connectivity index (χ1) is 25.5. The Morgan fingerprint density at radius 3 is 1.85 bits per heavy atom. The fraction of sp³-hybridized carbons (Fsp3) is 0.0217. The lowest BCUT2D eigenvalue weighted by atomic mass is 9.98. The molecule has 248 valence electrons. The largest absolute Gasteiger partial charge is 0.384 e. The number of carbonyl (C=O) groups excluding carboxylic acids is 3. The first-order valence-electron chi connectivity index (χ1n) is 17.1. The average molecular weight is 675 g/mol. The van der Waals surface area contributed by atoms with E-state index in [0.717, 1.165) is 38.5 Å². The Balaban J connectivity index is 1.20. The minimum atomic E-state index is -0.875. The van der Waals surface area contributed by atoms with Crippen molar-refractivity contribution in [2.24, 2.45) is 0 Å². The molecule has 2 heterocycles. The maximum Gasteiger partial charge on any atom is 0.268 e. The molecule has 0 aliphatic carbocycles. The van der Waals surface area contributed by atoms with Gasteiger partial charge in [0.1, 0.15) is 6.10 Å². The molecule has 1 N–H and O–H groups in total. The van der Waals surface area contributed by atoms with E-state index in [2.05, 4.69) is 0 Å². The number of anilines is 1. The summed E-state index contributed by atoms with van der Waals surface area (Å²) in [5.74, 6) is -0.914. The highest BCUT2D eigenvalue weighted by Crippen LogP contribution is 2.39. The zero-order valence-corrected chi connectivity index (χ0v) is 27.8. The summed E-state index contributed by atoms with van der Waals surface area (Å²) in [6, 6.07) is 52.6. The predicted octanol–water partition coefficient (Wildman–Crippen LogP) is 9.56. The number of benzene rings is 7. The smallest absolute Gasteiger partial charge is 0.268 e. The average Bonchev–Trinajstić information content (AvgIpc) is 3.67. The molecular formula is C46H30N2O4. The van der Waals surface area contributed by atoms with Gasteiger partial charge in [-0.15, -0.1) is 0 Å². The monoisotopic (exact) mass is 674 g/mol. The van der Waals surface area contributed by atoms with Gasteiger partial charge in [-0.25, -0.2) is 4.90 Å². The van der Waals surface area contributed by atoms with E-state index in [9.17, 15) is 19.5 Å². The predicted molar refractivity (Wildman–Crippen MR) is 204 cm³/mol. The number of fused-ring (bicyclic) bond motifs is 4. The second-order valence-corrected chi connectivity index (χ2v) is 12.9. The maximum absolute atomic E-state index is 14.4. The van der Waals surface area contributed by atoms with Gasteiger partial charge in [0.05, 0.1) is 33.5 Å². The highest BCUT2D eigenvalue weighted by atomic mass is 16.3. The quantitative estimate of drug-likeness (QED) is 0.135. The van der Waals surface area contributed by atoms with Crippen molar-refractivity contribution >= 4 is 45.1 Å². The van der Waals surface area contributed by atoms with Gasteiger partial charge in [0.15, 0.2) is 5.78 Å². The molecule has 1 atom stereocenters. The fourth-order valence-electron chi connectivity index (χ4n) is 7.32. The molecule has 0 saturated heterocycles. The Morgan fingerprint density at radius 2 is 1.13 bits per heavy atom. The van der Waals surface area contributed by atoms with E-state index in [0.29, 0.717) is 39.2 Å². The summed E-state index contributed by atoms with van der Waals surface area (Å²) < 4.78 is 1.98. The molecule has 9 rings (SSSR count). The van der Waals surface area contributed by atoms with Crippen LogP contribution in [0.15, 0.2) is 170 Å². The van der Waals surface area contributed by atoms with E-state index >= 15 is 0 Å². The third kappa shape index (κ3) is 5.04. The van der Waals surface area contributed by atoms with Crippen LogP contribution in [0.4, 0.5) is 5.69 Å². The van der Waals surface area contributed by atoms with Crippen LogP contribution >= 0.6 is 0 Å². The molecule has 52 heavy (non-hydrogen) atoms.